The highest BCUT2D eigenvalue weighted by atomic mass is 15.2. The molecule has 0 amide bonds. The molecule has 5 aromatic rings. The maximum atomic E-state index is 4.97. The van der Waals surface area contributed by atoms with Gasteiger partial charge in [0, 0.05) is 12.1 Å². The van der Waals surface area contributed by atoms with Crippen molar-refractivity contribution < 1.29 is 0 Å². The number of hydrogen-bond acceptors (Lipinski definition) is 2. The molecule has 0 saturated carbocycles. The molecule has 1 aromatic heterocycles. The summed E-state index contributed by atoms with van der Waals surface area (Å²) in [6.45, 7) is 2.17. The summed E-state index contributed by atoms with van der Waals surface area (Å²) >= 11 is 0. The van der Waals surface area contributed by atoms with Crippen LogP contribution in [0.3, 0.4) is 0 Å². The molecular weight excluding hydrogens is 390 g/mol. The molecule has 0 unspecified atom stereocenters. The first-order valence-corrected chi connectivity index (χ1v) is 11.1. The van der Waals surface area contributed by atoms with E-state index in [-0.39, 0.29) is 0 Å². The molecule has 0 aliphatic carbocycles. The van der Waals surface area contributed by atoms with Gasteiger partial charge < -0.3 is 4.90 Å². The Bertz CT molecular complexity index is 1450. The molecule has 3 heteroatoms. The van der Waals surface area contributed by atoms with Gasteiger partial charge in [0.1, 0.15) is 5.82 Å². The van der Waals surface area contributed by atoms with E-state index in [4.69, 9.17) is 4.98 Å². The van der Waals surface area contributed by atoms with Crippen LogP contribution < -0.4 is 4.90 Å². The summed E-state index contributed by atoms with van der Waals surface area (Å²) in [5.74, 6) is 1.09. The minimum Gasteiger partial charge on any atom is -0.306 e. The van der Waals surface area contributed by atoms with Gasteiger partial charge in [-0.1, -0.05) is 79.7 Å². The number of benzene rings is 4. The van der Waals surface area contributed by atoms with Crippen LogP contribution in [-0.4, -0.2) is 9.55 Å². The molecular formula is C29H23N3. The lowest BCUT2D eigenvalue weighted by molar-refractivity contribution is 0.900. The van der Waals surface area contributed by atoms with Crippen molar-refractivity contribution in [1.82, 2.24) is 9.55 Å². The van der Waals surface area contributed by atoms with E-state index in [9.17, 15) is 0 Å². The van der Waals surface area contributed by atoms with Gasteiger partial charge in [0.15, 0.2) is 0 Å². The average Bonchev–Trinajstić information content (AvgIpc) is 3.24. The second-order valence-corrected chi connectivity index (χ2v) is 8.02. The molecule has 6 rings (SSSR count). The number of imidazole rings is 1. The number of aryl methyl sites for hydroxylation is 1. The molecule has 0 fully saturated rings. The minimum absolute atomic E-state index is 0.878. The molecule has 0 saturated heterocycles. The highest BCUT2D eigenvalue weighted by Gasteiger charge is 2.28. The van der Waals surface area contributed by atoms with Crippen LogP contribution >= 0.6 is 0 Å². The molecule has 0 radical (unpaired) electrons. The fourth-order valence-electron chi connectivity index (χ4n) is 4.59. The lowest BCUT2D eigenvalue weighted by Gasteiger charge is -2.33. The molecule has 154 valence electrons. The van der Waals surface area contributed by atoms with Crippen molar-refractivity contribution >= 4 is 40.2 Å². The van der Waals surface area contributed by atoms with Gasteiger partial charge in [-0.05, 0) is 47.5 Å². The summed E-state index contributed by atoms with van der Waals surface area (Å²) in [6, 6.07) is 34.1. The Labute approximate surface area is 187 Å². The van der Waals surface area contributed by atoms with Crippen molar-refractivity contribution in [2.24, 2.45) is 0 Å². The van der Waals surface area contributed by atoms with Crippen LogP contribution in [0.1, 0.15) is 23.9 Å². The third kappa shape index (κ3) is 2.94. The second-order valence-electron chi connectivity index (χ2n) is 8.02. The average molecular weight is 414 g/mol. The third-order valence-electron chi connectivity index (χ3n) is 6.05. The number of nitrogens with zero attached hydrogens (tertiary/aromatic N) is 3. The van der Waals surface area contributed by atoms with Crippen molar-refractivity contribution in [3.8, 4) is 5.69 Å². The number of fused-ring (bicyclic) bond motifs is 2. The number of anilines is 3. The minimum atomic E-state index is 0.878. The van der Waals surface area contributed by atoms with Crippen molar-refractivity contribution in [3.05, 3.63) is 114 Å². The van der Waals surface area contributed by atoms with Crippen molar-refractivity contribution in [2.75, 3.05) is 4.90 Å². The highest BCUT2D eigenvalue weighted by Crippen LogP contribution is 2.47. The van der Waals surface area contributed by atoms with Gasteiger partial charge in [0.25, 0.3) is 0 Å². The maximum Gasteiger partial charge on any atom is 0.114 e. The van der Waals surface area contributed by atoms with Crippen molar-refractivity contribution in [1.29, 1.82) is 0 Å². The topological polar surface area (TPSA) is 21.1 Å². The number of aromatic nitrogens is 2. The highest BCUT2D eigenvalue weighted by molar-refractivity contribution is 6.01. The first-order valence-electron chi connectivity index (χ1n) is 11.1. The molecule has 4 aromatic carbocycles. The second kappa shape index (κ2) is 7.54. The van der Waals surface area contributed by atoms with Crippen LogP contribution in [0.4, 0.5) is 17.1 Å². The molecule has 1 aliphatic heterocycles. The Hall–Kier alpha value is -4.11. The van der Waals surface area contributed by atoms with Crippen LogP contribution in [-0.2, 0) is 6.42 Å². The van der Waals surface area contributed by atoms with E-state index in [1.807, 2.05) is 6.07 Å². The quantitative estimate of drug-likeness (QED) is 0.278. The summed E-state index contributed by atoms with van der Waals surface area (Å²) in [6.07, 6.45) is 5.23. The van der Waals surface area contributed by atoms with E-state index in [2.05, 4.69) is 120 Å². The zero-order valence-electron chi connectivity index (χ0n) is 17.9. The number of rotatable bonds is 4. The molecule has 3 nitrogen and oxygen atoms in total. The van der Waals surface area contributed by atoms with E-state index in [1.165, 1.54) is 33.7 Å². The van der Waals surface area contributed by atoms with Crippen LogP contribution in [0.2, 0.25) is 0 Å². The molecule has 0 N–H and O–H groups in total. The lowest BCUT2D eigenvalue weighted by Crippen LogP contribution is -2.19. The standard InChI is InChI=1S/C29H23N3/c1-2-28-30-24-14-9-15-26-29(24)32(28)27-20-22(17-16-21-10-5-3-6-11-21)18-19-25(27)31(26)23-12-7-4-8-13-23/h3-20H,2H2,1H3/b17-16+. The monoisotopic (exact) mass is 413 g/mol. The van der Waals surface area contributed by atoms with Crippen LogP contribution in [0.15, 0.2) is 97.1 Å². The summed E-state index contributed by atoms with van der Waals surface area (Å²) in [7, 11) is 0. The molecule has 2 heterocycles. The molecule has 0 atom stereocenters. The Morgan fingerprint density at radius 2 is 1.44 bits per heavy atom. The predicted molar refractivity (Wildman–Crippen MR) is 134 cm³/mol. The summed E-state index contributed by atoms with van der Waals surface area (Å²) in [4.78, 5) is 7.32. The normalized spacial score (nSPS) is 12.5. The fourth-order valence-corrected chi connectivity index (χ4v) is 4.59. The largest absolute Gasteiger partial charge is 0.306 e. The number of para-hydroxylation sites is 2. The Morgan fingerprint density at radius 3 is 2.22 bits per heavy atom. The van der Waals surface area contributed by atoms with E-state index in [0.29, 0.717) is 0 Å². The molecule has 32 heavy (non-hydrogen) atoms. The molecule has 0 bridgehead atoms. The first kappa shape index (κ1) is 18.6. The Morgan fingerprint density at radius 1 is 0.688 bits per heavy atom. The van der Waals surface area contributed by atoms with Crippen molar-refractivity contribution in [2.45, 2.75) is 13.3 Å². The van der Waals surface area contributed by atoms with Crippen LogP contribution in [0.5, 0.6) is 0 Å². The summed E-state index contributed by atoms with van der Waals surface area (Å²) < 4.78 is 2.35. The van der Waals surface area contributed by atoms with Crippen molar-refractivity contribution in [3.63, 3.8) is 0 Å². The van der Waals surface area contributed by atoms with Gasteiger partial charge in [0.2, 0.25) is 0 Å². The van der Waals surface area contributed by atoms with E-state index in [0.717, 1.165) is 23.4 Å². The van der Waals surface area contributed by atoms with E-state index in [1.54, 1.807) is 0 Å². The van der Waals surface area contributed by atoms with Gasteiger partial charge in [-0.2, -0.15) is 0 Å². The first-order chi connectivity index (χ1) is 15.8. The van der Waals surface area contributed by atoms with E-state index < -0.39 is 0 Å². The van der Waals surface area contributed by atoms with Gasteiger partial charge in [-0.3, -0.25) is 4.57 Å². The SMILES string of the molecule is CCc1nc2cccc3c2n1-c1cc(/C=C/c2ccccc2)ccc1N3c1ccccc1. The number of hydrogen-bond donors (Lipinski definition) is 0. The Balaban J connectivity index is 1.59. The molecule has 1 aliphatic rings. The lowest BCUT2D eigenvalue weighted by atomic mass is 10.1. The van der Waals surface area contributed by atoms with E-state index >= 15 is 0 Å². The van der Waals surface area contributed by atoms with Crippen LogP contribution in [0.25, 0.3) is 28.9 Å². The fraction of sp³-hybridized carbons (Fsp3) is 0.0690. The van der Waals surface area contributed by atoms with Gasteiger partial charge in [-0.15, -0.1) is 0 Å². The van der Waals surface area contributed by atoms with Gasteiger partial charge in [0.05, 0.1) is 28.1 Å². The van der Waals surface area contributed by atoms with Gasteiger partial charge >= 0.3 is 0 Å². The predicted octanol–water partition coefficient (Wildman–Crippen LogP) is 7.54. The summed E-state index contributed by atoms with van der Waals surface area (Å²) in [5.41, 5.74) is 9.23. The van der Waals surface area contributed by atoms with Gasteiger partial charge in [-0.25, -0.2) is 4.98 Å². The zero-order valence-corrected chi connectivity index (χ0v) is 17.9. The van der Waals surface area contributed by atoms with Crippen LogP contribution in [0, 0.1) is 0 Å². The smallest absolute Gasteiger partial charge is 0.114 e. The summed E-state index contributed by atoms with van der Waals surface area (Å²) in [5, 5.41) is 0. The maximum absolute atomic E-state index is 4.97. The Kier molecular flexibility index (Phi) is 4.39. The molecule has 0 spiro atoms. The third-order valence-corrected chi connectivity index (χ3v) is 6.05. The zero-order chi connectivity index (χ0) is 21.5.